The van der Waals surface area contributed by atoms with E-state index < -0.39 is 41.5 Å². The minimum absolute atomic E-state index is 0.142. The molecule has 4 atom stereocenters. The van der Waals surface area contributed by atoms with E-state index in [2.05, 4.69) is 20.7 Å². The summed E-state index contributed by atoms with van der Waals surface area (Å²) in [6.45, 7) is 5.23. The Bertz CT molecular complexity index is 1480. The molecule has 2 amide bonds. The number of pyridine rings is 1. The number of nitrogens with zero attached hydrogens (tertiary/aromatic N) is 5. The Balaban J connectivity index is 1.53. The lowest BCUT2D eigenvalue weighted by Crippen LogP contribution is -2.35. The summed E-state index contributed by atoms with van der Waals surface area (Å²) in [4.78, 5) is 44.9. The Kier molecular flexibility index (Phi) is 6.79. The lowest BCUT2D eigenvalue weighted by Gasteiger charge is -2.25. The highest BCUT2D eigenvalue weighted by molar-refractivity contribution is 6.00. The molecule has 0 aliphatic heterocycles. The number of hydrogen-bond acceptors (Lipinski definition) is 8. The number of hydrogen-bond donors (Lipinski definition) is 3. The average molecular weight is 542 g/mol. The summed E-state index contributed by atoms with van der Waals surface area (Å²) in [5.74, 6) is -0.0278. The lowest BCUT2D eigenvalue weighted by atomic mass is 10.2. The fraction of sp³-hybridized carbons (Fsp3) is 0.500. The van der Waals surface area contributed by atoms with Gasteiger partial charge in [0.15, 0.2) is 5.65 Å². The van der Waals surface area contributed by atoms with Crippen molar-refractivity contribution in [2.75, 3.05) is 17.3 Å². The second kappa shape index (κ2) is 9.95. The molecule has 2 fully saturated rings. The van der Waals surface area contributed by atoms with Crippen molar-refractivity contribution < 1.29 is 23.8 Å². The van der Waals surface area contributed by atoms with Gasteiger partial charge < -0.3 is 25.0 Å². The molecule has 0 bridgehead atoms. The van der Waals surface area contributed by atoms with Crippen molar-refractivity contribution in [3.63, 3.8) is 0 Å². The van der Waals surface area contributed by atoms with Crippen molar-refractivity contribution in [3.05, 3.63) is 46.5 Å². The molecule has 2 aliphatic carbocycles. The number of anilines is 3. The summed E-state index contributed by atoms with van der Waals surface area (Å²) in [5, 5.41) is 20.0. The third-order valence-corrected chi connectivity index (χ3v) is 6.72. The van der Waals surface area contributed by atoms with Crippen LogP contribution in [0.15, 0.2) is 35.4 Å². The maximum absolute atomic E-state index is 13.7. The van der Waals surface area contributed by atoms with Gasteiger partial charge in [0.25, 0.3) is 11.5 Å². The van der Waals surface area contributed by atoms with Crippen LogP contribution in [0.4, 0.5) is 26.5 Å². The fourth-order valence-electron chi connectivity index (χ4n) is 4.63. The van der Waals surface area contributed by atoms with Crippen molar-refractivity contribution in [3.8, 4) is 0 Å². The second-order valence-electron chi connectivity index (χ2n) is 11.0. The Morgan fingerprint density at radius 2 is 2.00 bits per heavy atom. The molecule has 3 aromatic rings. The molecule has 3 aromatic heterocycles. The van der Waals surface area contributed by atoms with Gasteiger partial charge in [0.2, 0.25) is 0 Å². The monoisotopic (exact) mass is 541 g/mol. The zero-order valence-electron chi connectivity index (χ0n) is 22.2. The number of fused-ring (bicyclic) bond motifs is 1. The molecule has 2 aliphatic rings. The van der Waals surface area contributed by atoms with Crippen molar-refractivity contribution in [2.45, 2.75) is 76.4 Å². The molecule has 2 saturated carbocycles. The highest BCUT2D eigenvalue weighted by Gasteiger charge is 2.40. The van der Waals surface area contributed by atoms with E-state index in [-0.39, 0.29) is 41.0 Å². The van der Waals surface area contributed by atoms with Crippen LogP contribution in [0.5, 0.6) is 0 Å². The number of halogens is 1. The Labute approximate surface area is 223 Å². The highest BCUT2D eigenvalue weighted by Crippen LogP contribution is 2.38. The van der Waals surface area contributed by atoms with E-state index in [1.807, 2.05) is 0 Å². The first-order valence-corrected chi connectivity index (χ1v) is 12.9. The molecule has 3 heterocycles. The van der Waals surface area contributed by atoms with Crippen LogP contribution in [0, 0.1) is 0 Å². The standard InChI is InChI=1S/C26H32FN7O5/c1-26(2,3)39-25(38)32(4)21-12-20(30-18-6-5-9-33(24(18)37)19-11-17(19)27)31-22-16(13-28-34(21)22)23(36)29-14-7-8-15(35)10-14/h5-6,9,12-15,17,19,35H,7-8,10-11H2,1-4H3,(H,29,36)(H,30,31)/t14?,15?,17-,19-/m1/s1. The van der Waals surface area contributed by atoms with Crippen molar-refractivity contribution in [1.82, 2.24) is 24.5 Å². The number of aliphatic hydroxyl groups is 1. The van der Waals surface area contributed by atoms with Gasteiger partial charge in [-0.15, -0.1) is 0 Å². The van der Waals surface area contributed by atoms with Crippen LogP contribution in [0.25, 0.3) is 5.65 Å². The van der Waals surface area contributed by atoms with E-state index in [9.17, 15) is 23.9 Å². The molecular weight excluding hydrogens is 509 g/mol. The van der Waals surface area contributed by atoms with Crippen LogP contribution in [-0.4, -0.2) is 67.2 Å². The summed E-state index contributed by atoms with van der Waals surface area (Å²) < 4.78 is 21.8. The van der Waals surface area contributed by atoms with Crippen molar-refractivity contribution >= 4 is 35.0 Å². The average Bonchev–Trinajstić information content (AvgIpc) is 3.21. The molecule has 12 nitrogen and oxygen atoms in total. The summed E-state index contributed by atoms with van der Waals surface area (Å²) in [6, 6.07) is 4.01. The zero-order chi connectivity index (χ0) is 28.1. The highest BCUT2D eigenvalue weighted by atomic mass is 19.1. The number of aliphatic hydroxyl groups excluding tert-OH is 1. The van der Waals surface area contributed by atoms with Crippen LogP contribution in [0.1, 0.15) is 62.9 Å². The van der Waals surface area contributed by atoms with Gasteiger partial charge in [-0.1, -0.05) is 0 Å². The van der Waals surface area contributed by atoms with E-state index in [0.717, 1.165) is 0 Å². The minimum atomic E-state index is -1.06. The van der Waals surface area contributed by atoms with Crippen molar-refractivity contribution in [2.24, 2.45) is 0 Å². The zero-order valence-corrected chi connectivity index (χ0v) is 22.2. The summed E-state index contributed by atoms with van der Waals surface area (Å²) in [5.41, 5.74) is -0.722. The molecule has 0 radical (unpaired) electrons. The van der Waals surface area contributed by atoms with Crippen LogP contribution in [0.3, 0.4) is 0 Å². The molecule has 0 spiro atoms. The maximum atomic E-state index is 13.7. The van der Waals surface area contributed by atoms with Crippen LogP contribution in [-0.2, 0) is 4.74 Å². The SMILES string of the molecule is CN(C(=O)OC(C)(C)C)c1cc(Nc2cccn([C@@H]3C[C@H]3F)c2=O)nc2c(C(=O)NC3CCC(O)C3)cnn12. The largest absolute Gasteiger partial charge is 0.443 e. The molecule has 2 unspecified atom stereocenters. The van der Waals surface area contributed by atoms with Gasteiger partial charge in [0, 0.05) is 31.8 Å². The third kappa shape index (κ3) is 5.58. The molecule has 5 rings (SSSR count). The molecule has 0 saturated heterocycles. The van der Waals surface area contributed by atoms with Gasteiger partial charge in [0.1, 0.15) is 34.7 Å². The first-order valence-electron chi connectivity index (χ1n) is 12.9. The van der Waals surface area contributed by atoms with Gasteiger partial charge in [-0.2, -0.15) is 9.61 Å². The number of nitrogens with one attached hydrogen (secondary N) is 2. The van der Waals surface area contributed by atoms with E-state index >= 15 is 0 Å². The summed E-state index contributed by atoms with van der Waals surface area (Å²) >= 11 is 0. The van der Waals surface area contributed by atoms with E-state index in [0.29, 0.717) is 19.3 Å². The molecule has 0 aromatic carbocycles. The van der Waals surface area contributed by atoms with Crippen LogP contribution >= 0.6 is 0 Å². The number of aromatic nitrogens is 4. The topological polar surface area (TPSA) is 143 Å². The smallest absolute Gasteiger partial charge is 0.415 e. The number of ether oxygens (including phenoxy) is 1. The Morgan fingerprint density at radius 1 is 1.26 bits per heavy atom. The Morgan fingerprint density at radius 3 is 2.64 bits per heavy atom. The number of alkyl halides is 1. The van der Waals surface area contributed by atoms with Gasteiger partial charge in [-0.05, 0) is 52.2 Å². The fourth-order valence-corrected chi connectivity index (χ4v) is 4.63. The first kappa shape index (κ1) is 26.6. The van der Waals surface area contributed by atoms with Gasteiger partial charge in [0.05, 0.1) is 18.3 Å². The summed E-state index contributed by atoms with van der Waals surface area (Å²) in [6.07, 6.45) is 2.71. The number of carbonyl (C=O) groups excluding carboxylic acids is 2. The molecule has 208 valence electrons. The van der Waals surface area contributed by atoms with E-state index in [1.54, 1.807) is 32.9 Å². The third-order valence-electron chi connectivity index (χ3n) is 6.72. The normalized spacial score (nSPS) is 22.5. The van der Waals surface area contributed by atoms with Gasteiger partial charge >= 0.3 is 6.09 Å². The van der Waals surface area contributed by atoms with Gasteiger partial charge in [-0.25, -0.2) is 14.2 Å². The number of amides is 2. The molecule has 39 heavy (non-hydrogen) atoms. The maximum Gasteiger partial charge on any atom is 0.415 e. The van der Waals surface area contributed by atoms with Crippen LogP contribution < -0.4 is 21.1 Å². The van der Waals surface area contributed by atoms with Gasteiger partial charge in [-0.3, -0.25) is 14.5 Å². The predicted octanol–water partition coefficient (Wildman–Crippen LogP) is 2.93. The molecule has 13 heteroatoms. The molecule has 3 N–H and O–H groups in total. The lowest BCUT2D eigenvalue weighted by molar-refractivity contribution is 0.0587. The van der Waals surface area contributed by atoms with Crippen molar-refractivity contribution in [1.29, 1.82) is 0 Å². The van der Waals surface area contributed by atoms with Crippen LogP contribution in [0.2, 0.25) is 0 Å². The second-order valence-corrected chi connectivity index (χ2v) is 11.0. The van der Waals surface area contributed by atoms with E-state index in [1.165, 1.54) is 39.5 Å². The summed E-state index contributed by atoms with van der Waals surface area (Å²) in [7, 11) is 1.50. The number of carbonyl (C=O) groups is 2. The van der Waals surface area contributed by atoms with E-state index in [4.69, 9.17) is 4.74 Å². The quantitative estimate of drug-likeness (QED) is 0.432. The first-order chi connectivity index (χ1) is 18.4. The number of rotatable bonds is 6. The molecular formula is C26H32FN7O5. The minimum Gasteiger partial charge on any atom is -0.443 e. The Hall–Kier alpha value is -4.00. The predicted molar refractivity (Wildman–Crippen MR) is 141 cm³/mol.